The lowest BCUT2D eigenvalue weighted by Crippen LogP contribution is -2.33. The van der Waals surface area contributed by atoms with Crippen molar-refractivity contribution in [3.63, 3.8) is 0 Å². The summed E-state index contributed by atoms with van der Waals surface area (Å²) in [5.74, 6) is 0.684. The SMILES string of the molecule is Cc1cc(Nc2ncnc3ccn(CCO)c23)ccc1Oc1cccc(OC(F)(F)C(F)F)c1. The monoisotopic (exact) mass is 476 g/mol. The molecular formula is C23H20F4N4O3. The molecule has 0 amide bonds. The van der Waals surface area contributed by atoms with Gasteiger partial charge < -0.3 is 24.5 Å². The van der Waals surface area contributed by atoms with Crippen LogP contribution < -0.4 is 14.8 Å². The normalized spacial score (nSPS) is 11.7. The first-order valence-corrected chi connectivity index (χ1v) is 10.2. The summed E-state index contributed by atoms with van der Waals surface area (Å²) < 4.78 is 62.8. The quantitative estimate of drug-likeness (QED) is 0.310. The third kappa shape index (κ3) is 5.04. The second-order valence-corrected chi connectivity index (χ2v) is 7.34. The van der Waals surface area contributed by atoms with Crippen LogP contribution in [0.15, 0.2) is 61.1 Å². The highest BCUT2D eigenvalue weighted by molar-refractivity contribution is 5.88. The van der Waals surface area contributed by atoms with Crippen molar-refractivity contribution in [3.05, 3.63) is 66.6 Å². The van der Waals surface area contributed by atoms with Crippen LogP contribution in [0, 0.1) is 6.92 Å². The number of ether oxygens (including phenoxy) is 2. The summed E-state index contributed by atoms with van der Waals surface area (Å²) in [6.45, 7) is 2.15. The van der Waals surface area contributed by atoms with E-state index in [1.54, 1.807) is 25.1 Å². The zero-order chi connectivity index (χ0) is 24.3. The van der Waals surface area contributed by atoms with E-state index in [9.17, 15) is 22.7 Å². The number of hydrogen-bond donors (Lipinski definition) is 2. The highest BCUT2D eigenvalue weighted by atomic mass is 19.3. The van der Waals surface area contributed by atoms with Crippen LogP contribution >= 0.6 is 0 Å². The van der Waals surface area contributed by atoms with Crippen LogP contribution in [0.2, 0.25) is 0 Å². The molecule has 0 aliphatic rings. The first-order chi connectivity index (χ1) is 16.3. The number of aliphatic hydroxyl groups is 1. The summed E-state index contributed by atoms with van der Waals surface area (Å²) in [4.78, 5) is 8.54. The van der Waals surface area contributed by atoms with Gasteiger partial charge in [-0.1, -0.05) is 6.07 Å². The Morgan fingerprint density at radius 2 is 1.88 bits per heavy atom. The molecule has 4 rings (SSSR count). The van der Waals surface area contributed by atoms with Gasteiger partial charge in [-0.2, -0.15) is 17.6 Å². The first-order valence-electron chi connectivity index (χ1n) is 10.2. The Hall–Kier alpha value is -3.86. The van der Waals surface area contributed by atoms with Crippen LogP contribution in [0.1, 0.15) is 5.56 Å². The molecule has 0 atom stereocenters. The van der Waals surface area contributed by atoms with Gasteiger partial charge in [0.2, 0.25) is 0 Å². The van der Waals surface area contributed by atoms with Crippen molar-refractivity contribution in [1.29, 1.82) is 0 Å². The van der Waals surface area contributed by atoms with E-state index in [0.29, 0.717) is 29.4 Å². The van der Waals surface area contributed by atoms with Crippen molar-refractivity contribution >= 4 is 22.5 Å². The topological polar surface area (TPSA) is 81.4 Å². The summed E-state index contributed by atoms with van der Waals surface area (Å²) in [5.41, 5.74) is 2.88. The summed E-state index contributed by atoms with van der Waals surface area (Å²) in [6.07, 6.45) is -5.31. The molecule has 7 nitrogen and oxygen atoms in total. The van der Waals surface area contributed by atoms with Crippen LogP contribution in [0.5, 0.6) is 17.2 Å². The maximum Gasteiger partial charge on any atom is 0.461 e. The fourth-order valence-electron chi connectivity index (χ4n) is 3.33. The van der Waals surface area contributed by atoms with Crippen molar-refractivity contribution in [2.45, 2.75) is 26.0 Å². The second-order valence-electron chi connectivity index (χ2n) is 7.34. The number of aryl methyl sites for hydroxylation is 1. The van der Waals surface area contributed by atoms with Gasteiger partial charge in [0, 0.05) is 24.5 Å². The minimum Gasteiger partial charge on any atom is -0.457 e. The average molecular weight is 476 g/mol. The summed E-state index contributed by atoms with van der Waals surface area (Å²) >= 11 is 0. The first kappa shape index (κ1) is 23.3. The number of aromatic nitrogens is 3. The van der Waals surface area contributed by atoms with Gasteiger partial charge >= 0.3 is 12.5 Å². The molecule has 0 unspecified atom stereocenters. The number of aliphatic hydroxyl groups excluding tert-OH is 1. The predicted octanol–water partition coefficient (Wildman–Crippen LogP) is 5.50. The van der Waals surface area contributed by atoms with Crippen LogP contribution in [0.3, 0.4) is 0 Å². The molecule has 0 fully saturated rings. The number of hydrogen-bond acceptors (Lipinski definition) is 6. The van der Waals surface area contributed by atoms with Gasteiger partial charge in [0.25, 0.3) is 0 Å². The van der Waals surface area contributed by atoms with E-state index in [4.69, 9.17) is 4.74 Å². The number of anilines is 2. The zero-order valence-electron chi connectivity index (χ0n) is 17.9. The predicted molar refractivity (Wildman–Crippen MR) is 117 cm³/mol. The number of halogens is 4. The highest BCUT2D eigenvalue weighted by Gasteiger charge is 2.44. The lowest BCUT2D eigenvalue weighted by molar-refractivity contribution is -0.253. The Labute approximate surface area is 191 Å². The Morgan fingerprint density at radius 1 is 1.09 bits per heavy atom. The molecule has 0 spiro atoms. The van der Waals surface area contributed by atoms with Gasteiger partial charge in [0.05, 0.1) is 12.1 Å². The molecule has 0 aliphatic carbocycles. The van der Waals surface area contributed by atoms with E-state index in [1.165, 1.54) is 18.5 Å². The fourth-order valence-corrected chi connectivity index (χ4v) is 3.33. The van der Waals surface area contributed by atoms with E-state index in [1.807, 2.05) is 16.8 Å². The number of rotatable bonds is 9. The highest BCUT2D eigenvalue weighted by Crippen LogP contribution is 2.33. The van der Waals surface area contributed by atoms with E-state index in [0.717, 1.165) is 23.2 Å². The lowest BCUT2D eigenvalue weighted by atomic mass is 10.2. The third-order valence-corrected chi connectivity index (χ3v) is 4.87. The van der Waals surface area contributed by atoms with E-state index < -0.39 is 18.3 Å². The lowest BCUT2D eigenvalue weighted by Gasteiger charge is -2.17. The second kappa shape index (κ2) is 9.56. The van der Waals surface area contributed by atoms with Gasteiger partial charge in [0.15, 0.2) is 5.82 Å². The molecule has 2 aromatic carbocycles. The molecule has 2 N–H and O–H groups in total. The molecule has 2 aromatic heterocycles. The minimum absolute atomic E-state index is 0.0325. The van der Waals surface area contributed by atoms with Gasteiger partial charge in [0.1, 0.15) is 29.1 Å². The van der Waals surface area contributed by atoms with E-state index in [2.05, 4.69) is 20.0 Å². The van der Waals surface area contributed by atoms with Crippen LogP contribution in [-0.4, -0.2) is 38.8 Å². The fraction of sp³-hybridized carbons (Fsp3) is 0.217. The number of nitrogens with zero attached hydrogens (tertiary/aromatic N) is 3. The molecule has 34 heavy (non-hydrogen) atoms. The molecule has 11 heteroatoms. The maximum absolute atomic E-state index is 13.2. The summed E-state index contributed by atoms with van der Waals surface area (Å²) in [6, 6.07) is 12.1. The van der Waals surface area contributed by atoms with E-state index >= 15 is 0 Å². The Morgan fingerprint density at radius 3 is 2.62 bits per heavy atom. The number of benzene rings is 2. The number of alkyl halides is 4. The molecule has 2 heterocycles. The van der Waals surface area contributed by atoms with Crippen molar-refractivity contribution in [1.82, 2.24) is 14.5 Å². The molecule has 0 bridgehead atoms. The molecular weight excluding hydrogens is 456 g/mol. The van der Waals surface area contributed by atoms with Crippen LogP contribution in [-0.2, 0) is 6.54 Å². The molecule has 0 saturated heterocycles. The van der Waals surface area contributed by atoms with Gasteiger partial charge in [-0.15, -0.1) is 0 Å². The smallest absolute Gasteiger partial charge is 0.457 e. The van der Waals surface area contributed by atoms with Crippen LogP contribution in [0.4, 0.5) is 29.1 Å². The van der Waals surface area contributed by atoms with Crippen molar-refractivity contribution in [3.8, 4) is 17.2 Å². The minimum atomic E-state index is -4.61. The average Bonchev–Trinajstić information content (AvgIpc) is 3.20. The zero-order valence-corrected chi connectivity index (χ0v) is 17.9. The van der Waals surface area contributed by atoms with Crippen molar-refractivity contribution in [2.24, 2.45) is 0 Å². The number of nitrogens with one attached hydrogen (secondary N) is 1. The summed E-state index contributed by atoms with van der Waals surface area (Å²) in [7, 11) is 0. The third-order valence-electron chi connectivity index (χ3n) is 4.87. The molecule has 4 aromatic rings. The van der Waals surface area contributed by atoms with Crippen molar-refractivity contribution in [2.75, 3.05) is 11.9 Å². The van der Waals surface area contributed by atoms with Gasteiger partial charge in [-0.05, 0) is 48.9 Å². The largest absolute Gasteiger partial charge is 0.461 e. The molecule has 0 saturated carbocycles. The Kier molecular flexibility index (Phi) is 6.55. The molecule has 0 radical (unpaired) electrons. The van der Waals surface area contributed by atoms with Gasteiger partial charge in [-0.3, -0.25) is 0 Å². The standard InChI is InChI=1S/C23H20F4N4O3/c1-14-11-15(30-21-20-18(28-13-29-21)7-8-31(20)9-10-32)5-6-19(14)33-16-3-2-4-17(12-16)34-23(26,27)22(24)25/h2-8,11-13,22,32H,9-10H2,1H3,(H,28,29,30). The van der Waals surface area contributed by atoms with E-state index in [-0.39, 0.29) is 12.4 Å². The molecule has 178 valence electrons. The van der Waals surface area contributed by atoms with Crippen LogP contribution in [0.25, 0.3) is 11.0 Å². The van der Waals surface area contributed by atoms with Crippen molar-refractivity contribution < 1.29 is 32.1 Å². The van der Waals surface area contributed by atoms with Gasteiger partial charge in [-0.25, -0.2) is 9.97 Å². The Bertz CT molecular complexity index is 1300. The molecule has 0 aliphatic heterocycles. The summed E-state index contributed by atoms with van der Waals surface area (Å²) in [5, 5.41) is 12.5. The maximum atomic E-state index is 13.2. The Balaban J connectivity index is 1.52. The number of fused-ring (bicyclic) bond motifs is 1.